The molecule has 0 amide bonds. The molecule has 5 heteroatoms. The minimum absolute atomic E-state index is 0.0599. The summed E-state index contributed by atoms with van der Waals surface area (Å²) in [5.74, 6) is 0. The Balaban J connectivity index is 2.36. The van der Waals surface area contributed by atoms with E-state index in [2.05, 4.69) is 10.0 Å². The number of hydrogen-bond acceptors (Lipinski definition) is 3. The van der Waals surface area contributed by atoms with Crippen LogP contribution in [0.15, 0.2) is 59.5 Å². The van der Waals surface area contributed by atoms with Crippen molar-refractivity contribution in [1.82, 2.24) is 5.32 Å². The molecule has 0 aliphatic carbocycles. The van der Waals surface area contributed by atoms with Crippen LogP contribution in [0.4, 0.5) is 5.69 Å². The number of para-hydroxylation sites is 1. The van der Waals surface area contributed by atoms with E-state index in [0.717, 1.165) is 5.56 Å². The minimum Gasteiger partial charge on any atom is -0.313 e. The van der Waals surface area contributed by atoms with Crippen LogP contribution in [-0.2, 0) is 10.0 Å². The van der Waals surface area contributed by atoms with Gasteiger partial charge in [0.25, 0.3) is 10.0 Å². The van der Waals surface area contributed by atoms with E-state index < -0.39 is 10.0 Å². The first-order valence-corrected chi connectivity index (χ1v) is 7.87. The number of sulfonamides is 1. The number of rotatable bonds is 5. The van der Waals surface area contributed by atoms with Gasteiger partial charge in [0.15, 0.2) is 0 Å². The topological polar surface area (TPSA) is 58.2 Å². The third-order valence-corrected chi connectivity index (χ3v) is 4.54. The fourth-order valence-corrected chi connectivity index (χ4v) is 3.04. The van der Waals surface area contributed by atoms with Gasteiger partial charge in [0.05, 0.1) is 10.6 Å². The van der Waals surface area contributed by atoms with Gasteiger partial charge in [0.1, 0.15) is 0 Å². The van der Waals surface area contributed by atoms with Crippen LogP contribution in [0.2, 0.25) is 0 Å². The molecular weight excluding hydrogens is 272 g/mol. The lowest BCUT2D eigenvalue weighted by molar-refractivity contribution is 0.600. The van der Waals surface area contributed by atoms with Gasteiger partial charge in [0.2, 0.25) is 0 Å². The summed E-state index contributed by atoms with van der Waals surface area (Å²) >= 11 is 0. The average Bonchev–Trinajstić information content (AvgIpc) is 2.47. The van der Waals surface area contributed by atoms with Crippen molar-refractivity contribution in [1.29, 1.82) is 0 Å². The zero-order valence-electron chi connectivity index (χ0n) is 11.5. The molecule has 20 heavy (non-hydrogen) atoms. The van der Waals surface area contributed by atoms with Crippen LogP contribution in [0.1, 0.15) is 18.5 Å². The lowest BCUT2D eigenvalue weighted by Crippen LogP contribution is -2.18. The summed E-state index contributed by atoms with van der Waals surface area (Å²) in [5.41, 5.74) is 1.51. The number of nitrogens with one attached hydrogen (secondary N) is 2. The van der Waals surface area contributed by atoms with E-state index in [4.69, 9.17) is 0 Å². The van der Waals surface area contributed by atoms with E-state index in [-0.39, 0.29) is 10.9 Å². The maximum absolute atomic E-state index is 12.3. The maximum atomic E-state index is 12.3. The summed E-state index contributed by atoms with van der Waals surface area (Å²) in [6.07, 6.45) is 0. The first kappa shape index (κ1) is 14.6. The Kier molecular flexibility index (Phi) is 4.42. The number of benzene rings is 2. The van der Waals surface area contributed by atoms with Gasteiger partial charge in [-0.1, -0.05) is 36.4 Å². The Bertz CT molecular complexity index is 669. The molecule has 0 fully saturated rings. The van der Waals surface area contributed by atoms with E-state index >= 15 is 0 Å². The highest BCUT2D eigenvalue weighted by molar-refractivity contribution is 7.92. The van der Waals surface area contributed by atoms with Gasteiger partial charge in [-0.15, -0.1) is 0 Å². The number of anilines is 1. The van der Waals surface area contributed by atoms with Crippen LogP contribution in [-0.4, -0.2) is 15.5 Å². The monoisotopic (exact) mass is 290 g/mol. The van der Waals surface area contributed by atoms with E-state index in [9.17, 15) is 8.42 Å². The molecule has 1 atom stereocenters. The van der Waals surface area contributed by atoms with E-state index in [1.165, 1.54) is 0 Å². The van der Waals surface area contributed by atoms with Crippen molar-refractivity contribution >= 4 is 15.7 Å². The molecule has 0 heterocycles. The molecule has 0 bridgehead atoms. The molecule has 2 aromatic carbocycles. The van der Waals surface area contributed by atoms with Gasteiger partial charge in [-0.05, 0) is 37.7 Å². The van der Waals surface area contributed by atoms with Crippen molar-refractivity contribution in [2.45, 2.75) is 17.9 Å². The molecule has 106 valence electrons. The second-order valence-electron chi connectivity index (χ2n) is 4.52. The highest BCUT2D eigenvalue weighted by Crippen LogP contribution is 2.24. The summed E-state index contributed by atoms with van der Waals surface area (Å²) in [6, 6.07) is 15.8. The quantitative estimate of drug-likeness (QED) is 0.890. The molecule has 1 unspecified atom stereocenters. The summed E-state index contributed by atoms with van der Waals surface area (Å²) in [5, 5.41) is 3.11. The predicted octanol–water partition coefficient (Wildman–Crippen LogP) is 2.77. The van der Waals surface area contributed by atoms with Gasteiger partial charge in [-0.3, -0.25) is 4.72 Å². The molecule has 0 spiro atoms. The molecule has 2 aromatic rings. The largest absolute Gasteiger partial charge is 0.313 e. The van der Waals surface area contributed by atoms with Gasteiger partial charge < -0.3 is 5.32 Å². The van der Waals surface area contributed by atoms with Crippen molar-refractivity contribution in [2.24, 2.45) is 0 Å². The summed E-state index contributed by atoms with van der Waals surface area (Å²) in [4.78, 5) is 0.256. The number of hydrogen-bond donors (Lipinski definition) is 2. The highest BCUT2D eigenvalue weighted by atomic mass is 32.2. The summed E-state index contributed by atoms with van der Waals surface area (Å²) in [6.45, 7) is 1.98. The van der Waals surface area contributed by atoms with E-state index in [1.807, 2.05) is 32.2 Å². The lowest BCUT2D eigenvalue weighted by Gasteiger charge is -2.17. The van der Waals surface area contributed by atoms with Gasteiger partial charge in [-0.2, -0.15) is 0 Å². The maximum Gasteiger partial charge on any atom is 0.261 e. The Morgan fingerprint density at radius 2 is 1.55 bits per heavy atom. The Labute approximate surface area is 119 Å². The third kappa shape index (κ3) is 3.18. The molecule has 2 N–H and O–H groups in total. The second-order valence-corrected chi connectivity index (χ2v) is 6.20. The molecule has 0 aliphatic heterocycles. The zero-order chi connectivity index (χ0) is 14.6. The van der Waals surface area contributed by atoms with Crippen molar-refractivity contribution in [2.75, 3.05) is 11.8 Å². The third-order valence-electron chi connectivity index (χ3n) is 3.16. The smallest absolute Gasteiger partial charge is 0.261 e. The molecule has 0 aliphatic rings. The standard InChI is InChI=1S/C15H18N2O2S/c1-12(16-2)14-10-6-7-11-15(14)17-20(18,19)13-8-4-3-5-9-13/h3-12,16-17H,1-2H3. The van der Waals surface area contributed by atoms with Crippen molar-refractivity contribution in [3.63, 3.8) is 0 Å². The normalized spacial score (nSPS) is 12.9. The van der Waals surface area contributed by atoms with Crippen molar-refractivity contribution < 1.29 is 8.42 Å². The Morgan fingerprint density at radius 1 is 0.950 bits per heavy atom. The van der Waals surface area contributed by atoms with Crippen LogP contribution < -0.4 is 10.0 Å². The lowest BCUT2D eigenvalue weighted by atomic mass is 10.1. The van der Waals surface area contributed by atoms with Crippen LogP contribution >= 0.6 is 0 Å². The predicted molar refractivity (Wildman–Crippen MR) is 81.2 cm³/mol. The molecule has 0 saturated heterocycles. The summed E-state index contributed by atoms with van der Waals surface area (Å²) in [7, 11) is -1.71. The molecule has 2 rings (SSSR count). The molecule has 0 radical (unpaired) electrons. The molecule has 0 saturated carbocycles. The van der Waals surface area contributed by atoms with E-state index in [1.54, 1.807) is 36.4 Å². The van der Waals surface area contributed by atoms with Gasteiger partial charge in [0, 0.05) is 6.04 Å². The fraction of sp³-hybridized carbons (Fsp3) is 0.200. The first-order valence-electron chi connectivity index (χ1n) is 6.38. The zero-order valence-corrected chi connectivity index (χ0v) is 12.3. The van der Waals surface area contributed by atoms with Crippen LogP contribution in [0.3, 0.4) is 0 Å². The van der Waals surface area contributed by atoms with Crippen LogP contribution in [0, 0.1) is 0 Å². The van der Waals surface area contributed by atoms with Crippen LogP contribution in [0.25, 0.3) is 0 Å². The Hall–Kier alpha value is -1.85. The van der Waals surface area contributed by atoms with Crippen molar-refractivity contribution in [3.8, 4) is 0 Å². The fourth-order valence-electron chi connectivity index (χ4n) is 1.93. The molecule has 4 nitrogen and oxygen atoms in total. The molecular formula is C15H18N2O2S. The highest BCUT2D eigenvalue weighted by Gasteiger charge is 2.16. The Morgan fingerprint density at radius 3 is 2.20 bits per heavy atom. The minimum atomic E-state index is -3.56. The van der Waals surface area contributed by atoms with Gasteiger partial charge >= 0.3 is 0 Å². The average molecular weight is 290 g/mol. The van der Waals surface area contributed by atoms with Crippen LogP contribution in [0.5, 0.6) is 0 Å². The van der Waals surface area contributed by atoms with Crippen molar-refractivity contribution in [3.05, 3.63) is 60.2 Å². The van der Waals surface area contributed by atoms with Gasteiger partial charge in [-0.25, -0.2) is 8.42 Å². The second kappa shape index (κ2) is 6.07. The van der Waals surface area contributed by atoms with E-state index in [0.29, 0.717) is 5.69 Å². The first-order chi connectivity index (χ1) is 9.54. The SMILES string of the molecule is CNC(C)c1ccccc1NS(=O)(=O)c1ccccc1. The summed E-state index contributed by atoms with van der Waals surface area (Å²) < 4.78 is 27.3. The molecule has 0 aromatic heterocycles.